The van der Waals surface area contributed by atoms with Gasteiger partial charge in [-0.3, -0.25) is 4.68 Å². The summed E-state index contributed by atoms with van der Waals surface area (Å²) in [5, 5.41) is 16.5. The first kappa shape index (κ1) is 34.4. The van der Waals surface area contributed by atoms with Gasteiger partial charge in [-0.05, 0) is 51.4 Å². The number of alkyl halides is 3. The van der Waals surface area contributed by atoms with Crippen LogP contribution < -0.4 is 15.8 Å². The van der Waals surface area contributed by atoms with Crippen LogP contribution in [0.2, 0.25) is 0 Å². The van der Waals surface area contributed by atoms with Gasteiger partial charge in [-0.1, -0.05) is 19.3 Å². The minimum Gasteiger partial charge on any atom is -0.389 e. The predicted octanol–water partition coefficient (Wildman–Crippen LogP) is 4.62. The molecule has 2 heterocycles. The lowest BCUT2D eigenvalue weighted by Gasteiger charge is -2.16. The Bertz CT molecular complexity index is 1400. The standard InChI is InChI=1S/C25H33F4N7O3S.ClH/c1-24(2,37)16-36-15-17(13-32-36)22-19(25(27,28)29)14-31-23(35-22)34-21-9-8-18(12-20(21)26)40(38,39)33-11-7-5-3-4-6-10-30;/h8-9,12-15,33,37H,3-7,10-11,16,30H2,1-2H3,(H,31,34,35);1H. The van der Waals surface area contributed by atoms with Gasteiger partial charge >= 0.3 is 6.18 Å². The topological polar surface area (TPSA) is 148 Å². The Hall–Kier alpha value is -2.85. The number of sulfonamides is 1. The summed E-state index contributed by atoms with van der Waals surface area (Å²) < 4.78 is 84.7. The molecule has 5 N–H and O–H groups in total. The van der Waals surface area contributed by atoms with Crippen molar-refractivity contribution in [3.8, 4) is 11.3 Å². The summed E-state index contributed by atoms with van der Waals surface area (Å²) in [6.45, 7) is 3.88. The van der Waals surface area contributed by atoms with Crippen LogP contribution in [-0.2, 0) is 22.7 Å². The van der Waals surface area contributed by atoms with Crippen molar-refractivity contribution in [3.05, 3.63) is 48.2 Å². The van der Waals surface area contributed by atoms with E-state index in [4.69, 9.17) is 5.73 Å². The molecular formula is C25H34ClF4N7O3S. The molecule has 41 heavy (non-hydrogen) atoms. The maximum Gasteiger partial charge on any atom is 0.419 e. The Kier molecular flexibility index (Phi) is 12.0. The van der Waals surface area contributed by atoms with Gasteiger partial charge in [0.2, 0.25) is 16.0 Å². The maximum absolute atomic E-state index is 14.8. The van der Waals surface area contributed by atoms with Gasteiger partial charge in [-0.25, -0.2) is 27.5 Å². The van der Waals surface area contributed by atoms with Crippen LogP contribution in [0.1, 0.15) is 51.5 Å². The number of halogens is 5. The Morgan fingerprint density at radius 2 is 1.76 bits per heavy atom. The number of hydrogen-bond donors (Lipinski definition) is 4. The molecule has 0 aliphatic rings. The van der Waals surface area contributed by atoms with Crippen molar-refractivity contribution in [3.63, 3.8) is 0 Å². The van der Waals surface area contributed by atoms with E-state index >= 15 is 0 Å². The molecule has 0 unspecified atom stereocenters. The highest BCUT2D eigenvalue weighted by Crippen LogP contribution is 2.36. The van der Waals surface area contributed by atoms with Gasteiger partial charge < -0.3 is 16.2 Å². The molecule has 10 nitrogen and oxygen atoms in total. The van der Waals surface area contributed by atoms with Crippen molar-refractivity contribution in [2.75, 3.05) is 18.4 Å². The average molecular weight is 624 g/mol. The van der Waals surface area contributed by atoms with Gasteiger partial charge in [0.25, 0.3) is 0 Å². The summed E-state index contributed by atoms with van der Waals surface area (Å²) in [4.78, 5) is 7.31. The summed E-state index contributed by atoms with van der Waals surface area (Å²) in [6.07, 6.45) is 2.51. The molecule has 0 aliphatic carbocycles. The minimum atomic E-state index is -4.79. The Morgan fingerprint density at radius 1 is 1.07 bits per heavy atom. The third kappa shape index (κ3) is 10.2. The van der Waals surface area contributed by atoms with Crippen molar-refractivity contribution in [1.82, 2.24) is 24.5 Å². The highest BCUT2D eigenvalue weighted by Gasteiger charge is 2.36. The van der Waals surface area contributed by atoms with Crippen LogP contribution in [0.4, 0.5) is 29.2 Å². The molecule has 0 saturated heterocycles. The molecule has 0 spiro atoms. The van der Waals surface area contributed by atoms with Crippen LogP contribution in [0, 0.1) is 5.82 Å². The summed E-state index contributed by atoms with van der Waals surface area (Å²) >= 11 is 0. The van der Waals surface area contributed by atoms with Crippen molar-refractivity contribution >= 4 is 34.1 Å². The molecule has 0 amide bonds. The molecule has 0 aliphatic heterocycles. The minimum absolute atomic E-state index is 0. The SMILES string of the molecule is CC(C)(O)Cn1cc(-c2nc(Nc3ccc(S(=O)(=O)NCCCCCCCN)cc3F)ncc2C(F)(F)F)cn1.Cl. The zero-order valence-electron chi connectivity index (χ0n) is 22.6. The molecule has 16 heteroatoms. The lowest BCUT2D eigenvalue weighted by molar-refractivity contribution is -0.137. The molecule has 0 radical (unpaired) electrons. The van der Waals surface area contributed by atoms with E-state index in [1.165, 1.54) is 37.0 Å². The number of benzene rings is 1. The van der Waals surface area contributed by atoms with Crippen LogP contribution in [0.5, 0.6) is 0 Å². The summed E-state index contributed by atoms with van der Waals surface area (Å²) in [5.74, 6) is -1.31. The van der Waals surface area contributed by atoms with Gasteiger partial charge in [0.15, 0.2) is 0 Å². The number of aliphatic hydroxyl groups is 1. The number of hydrogen-bond acceptors (Lipinski definition) is 8. The van der Waals surface area contributed by atoms with Crippen molar-refractivity contribution < 1.29 is 31.1 Å². The third-order valence-electron chi connectivity index (χ3n) is 5.72. The summed E-state index contributed by atoms with van der Waals surface area (Å²) in [6, 6.07) is 3.11. The highest BCUT2D eigenvalue weighted by molar-refractivity contribution is 7.89. The van der Waals surface area contributed by atoms with Crippen LogP contribution in [0.3, 0.4) is 0 Å². The summed E-state index contributed by atoms with van der Waals surface area (Å²) in [5.41, 5.74) is 2.42. The Balaban J connectivity index is 0.00000588. The van der Waals surface area contributed by atoms with Gasteiger partial charge in [-0.15, -0.1) is 12.4 Å². The van der Waals surface area contributed by atoms with Crippen molar-refractivity contribution in [2.45, 2.75) is 69.2 Å². The molecule has 0 saturated carbocycles. The predicted molar refractivity (Wildman–Crippen MR) is 149 cm³/mol. The lowest BCUT2D eigenvalue weighted by atomic mass is 10.1. The quantitative estimate of drug-likeness (QED) is 0.150. The van der Waals surface area contributed by atoms with E-state index in [9.17, 15) is 31.1 Å². The number of aromatic nitrogens is 4. The van der Waals surface area contributed by atoms with Gasteiger partial charge in [0.1, 0.15) is 11.4 Å². The van der Waals surface area contributed by atoms with Crippen molar-refractivity contribution in [2.24, 2.45) is 5.73 Å². The molecule has 0 fully saturated rings. The molecule has 228 valence electrons. The second kappa shape index (κ2) is 14.4. The van der Waals surface area contributed by atoms with Crippen LogP contribution >= 0.6 is 12.4 Å². The third-order valence-corrected chi connectivity index (χ3v) is 7.18. The molecule has 2 aromatic heterocycles. The Labute approximate surface area is 242 Å². The number of anilines is 2. The number of nitrogens with zero attached hydrogens (tertiary/aromatic N) is 4. The molecular weight excluding hydrogens is 590 g/mol. The van der Waals surface area contributed by atoms with Gasteiger partial charge in [0, 0.05) is 24.5 Å². The Morgan fingerprint density at radius 3 is 2.39 bits per heavy atom. The number of nitrogens with two attached hydrogens (primary N) is 1. The molecule has 1 aromatic carbocycles. The first-order chi connectivity index (χ1) is 18.7. The van der Waals surface area contributed by atoms with Gasteiger partial charge in [0.05, 0.1) is 34.6 Å². The van der Waals surface area contributed by atoms with E-state index in [1.807, 2.05) is 0 Å². The van der Waals surface area contributed by atoms with E-state index in [-0.39, 0.29) is 47.6 Å². The van der Waals surface area contributed by atoms with E-state index in [0.29, 0.717) is 19.2 Å². The smallest absolute Gasteiger partial charge is 0.389 e. The van der Waals surface area contributed by atoms with E-state index < -0.39 is 38.9 Å². The van der Waals surface area contributed by atoms with Crippen LogP contribution in [0.25, 0.3) is 11.3 Å². The van der Waals surface area contributed by atoms with Gasteiger partial charge in [-0.2, -0.15) is 18.3 Å². The summed E-state index contributed by atoms with van der Waals surface area (Å²) in [7, 11) is -3.97. The largest absolute Gasteiger partial charge is 0.419 e. The maximum atomic E-state index is 14.8. The van der Waals surface area contributed by atoms with Crippen LogP contribution in [-0.4, -0.2) is 52.0 Å². The van der Waals surface area contributed by atoms with E-state index in [0.717, 1.165) is 37.8 Å². The van der Waals surface area contributed by atoms with E-state index in [2.05, 4.69) is 25.1 Å². The number of nitrogens with one attached hydrogen (secondary N) is 2. The molecule has 3 aromatic rings. The first-order valence-electron chi connectivity index (χ1n) is 12.7. The average Bonchev–Trinajstić information content (AvgIpc) is 3.30. The number of unbranched alkanes of at least 4 members (excludes halogenated alkanes) is 4. The zero-order valence-corrected chi connectivity index (χ0v) is 24.2. The lowest BCUT2D eigenvalue weighted by Crippen LogP contribution is -2.26. The molecule has 0 bridgehead atoms. The zero-order chi connectivity index (χ0) is 29.6. The second-order valence-corrected chi connectivity index (χ2v) is 11.7. The fourth-order valence-electron chi connectivity index (χ4n) is 3.81. The van der Waals surface area contributed by atoms with Crippen LogP contribution in [0.15, 0.2) is 41.7 Å². The molecule has 0 atom stereocenters. The fourth-order valence-corrected chi connectivity index (χ4v) is 4.90. The molecule has 3 rings (SSSR count). The highest BCUT2D eigenvalue weighted by atomic mass is 35.5. The van der Waals surface area contributed by atoms with E-state index in [1.54, 1.807) is 0 Å². The number of rotatable bonds is 14. The van der Waals surface area contributed by atoms with Crippen molar-refractivity contribution in [1.29, 1.82) is 0 Å². The fraction of sp³-hybridized carbons (Fsp3) is 0.480. The second-order valence-electron chi connectivity index (χ2n) is 9.91. The first-order valence-corrected chi connectivity index (χ1v) is 14.1. The normalized spacial score (nSPS) is 12.3. The monoisotopic (exact) mass is 623 g/mol.